The van der Waals surface area contributed by atoms with Crippen LogP contribution in [0.5, 0.6) is 0 Å². The quantitative estimate of drug-likeness (QED) is 0.531. The monoisotopic (exact) mass is 158 g/mol. The highest BCUT2D eigenvalue weighted by molar-refractivity contribution is 5.83. The van der Waals surface area contributed by atoms with Gasteiger partial charge in [-0.3, -0.25) is 4.79 Å². The number of aliphatic hydroxyl groups is 2. The van der Waals surface area contributed by atoms with Crippen LogP contribution in [0.1, 0.15) is 32.1 Å². The summed E-state index contributed by atoms with van der Waals surface area (Å²) in [7, 11) is 0. The number of aliphatic hydroxyl groups excluding tert-OH is 2. The molecule has 0 saturated heterocycles. The van der Waals surface area contributed by atoms with E-state index in [0.29, 0.717) is 12.8 Å². The van der Waals surface area contributed by atoms with Crippen LogP contribution in [0.3, 0.4) is 0 Å². The van der Waals surface area contributed by atoms with E-state index in [0.717, 1.165) is 19.3 Å². The highest BCUT2D eigenvalue weighted by Crippen LogP contribution is 2.14. The lowest BCUT2D eigenvalue weighted by atomic mass is 9.95. The fourth-order valence-corrected chi connectivity index (χ4v) is 1.35. The molecular weight excluding hydrogens is 144 g/mol. The Morgan fingerprint density at radius 1 is 1.18 bits per heavy atom. The second-order valence-electron chi connectivity index (χ2n) is 3.08. The lowest BCUT2D eigenvalue weighted by Crippen LogP contribution is -2.34. The maximum absolute atomic E-state index is 11.0. The van der Waals surface area contributed by atoms with Crippen molar-refractivity contribution in [2.75, 3.05) is 0 Å². The van der Waals surface area contributed by atoms with Gasteiger partial charge in [0.15, 0.2) is 5.78 Å². The molecule has 0 spiro atoms. The SMILES string of the molecule is O=C1CCCCC[C@H](O)[C@H]1O. The number of hydrogen-bond donors (Lipinski definition) is 2. The van der Waals surface area contributed by atoms with Gasteiger partial charge < -0.3 is 10.2 Å². The van der Waals surface area contributed by atoms with Crippen molar-refractivity contribution in [2.24, 2.45) is 0 Å². The lowest BCUT2D eigenvalue weighted by Gasteiger charge is -2.19. The third kappa shape index (κ3) is 2.27. The Morgan fingerprint density at radius 2 is 1.91 bits per heavy atom. The number of rotatable bonds is 0. The van der Waals surface area contributed by atoms with Crippen molar-refractivity contribution in [3.05, 3.63) is 0 Å². The fourth-order valence-electron chi connectivity index (χ4n) is 1.35. The minimum atomic E-state index is -1.13. The Hall–Kier alpha value is -0.410. The summed E-state index contributed by atoms with van der Waals surface area (Å²) in [5.41, 5.74) is 0. The first-order valence-electron chi connectivity index (χ1n) is 4.10. The molecule has 0 heterocycles. The Balaban J connectivity index is 2.49. The van der Waals surface area contributed by atoms with E-state index in [1.54, 1.807) is 0 Å². The molecule has 1 aliphatic rings. The molecule has 2 N–H and O–H groups in total. The average molecular weight is 158 g/mol. The zero-order valence-electron chi connectivity index (χ0n) is 6.49. The van der Waals surface area contributed by atoms with Crippen LogP contribution in [0.4, 0.5) is 0 Å². The predicted molar refractivity (Wildman–Crippen MR) is 40.1 cm³/mol. The van der Waals surface area contributed by atoms with Gasteiger partial charge >= 0.3 is 0 Å². The molecule has 0 aliphatic heterocycles. The molecule has 1 rings (SSSR count). The summed E-state index contributed by atoms with van der Waals surface area (Å²) in [6.45, 7) is 0. The van der Waals surface area contributed by atoms with Crippen molar-refractivity contribution < 1.29 is 15.0 Å². The molecule has 0 radical (unpaired) electrons. The van der Waals surface area contributed by atoms with Gasteiger partial charge in [0, 0.05) is 6.42 Å². The van der Waals surface area contributed by atoms with Gasteiger partial charge in [0.2, 0.25) is 0 Å². The van der Waals surface area contributed by atoms with Crippen LogP contribution in [0, 0.1) is 0 Å². The van der Waals surface area contributed by atoms with Crippen LogP contribution < -0.4 is 0 Å². The van der Waals surface area contributed by atoms with E-state index in [-0.39, 0.29) is 5.78 Å². The molecule has 0 amide bonds. The van der Waals surface area contributed by atoms with Crippen LogP contribution in [0.25, 0.3) is 0 Å². The van der Waals surface area contributed by atoms with Crippen molar-refractivity contribution >= 4 is 5.78 Å². The van der Waals surface area contributed by atoms with Crippen molar-refractivity contribution in [3.63, 3.8) is 0 Å². The zero-order chi connectivity index (χ0) is 8.27. The zero-order valence-corrected chi connectivity index (χ0v) is 6.49. The lowest BCUT2D eigenvalue weighted by molar-refractivity contribution is -0.133. The Kier molecular flexibility index (Phi) is 3.02. The van der Waals surface area contributed by atoms with Crippen LogP contribution in [0.2, 0.25) is 0 Å². The molecule has 64 valence electrons. The van der Waals surface area contributed by atoms with Crippen molar-refractivity contribution in [1.82, 2.24) is 0 Å². The molecule has 1 fully saturated rings. The summed E-state index contributed by atoms with van der Waals surface area (Å²) >= 11 is 0. The average Bonchev–Trinajstić information content (AvgIpc) is 2.00. The predicted octanol–water partition coefficient (Wildman–Crippen LogP) is 0.241. The van der Waals surface area contributed by atoms with E-state index < -0.39 is 12.2 Å². The summed E-state index contributed by atoms with van der Waals surface area (Å²) in [6, 6.07) is 0. The van der Waals surface area contributed by atoms with Crippen molar-refractivity contribution in [3.8, 4) is 0 Å². The molecule has 11 heavy (non-hydrogen) atoms. The largest absolute Gasteiger partial charge is 0.390 e. The van der Waals surface area contributed by atoms with E-state index >= 15 is 0 Å². The van der Waals surface area contributed by atoms with Gasteiger partial charge in [0.1, 0.15) is 6.10 Å². The first kappa shape index (κ1) is 8.68. The number of Topliss-reactive ketones (excluding diaryl/α,β-unsaturated/α-hetero) is 1. The molecule has 3 nitrogen and oxygen atoms in total. The normalized spacial score (nSPS) is 34.5. The number of carbonyl (C=O) groups excluding carboxylic acids is 1. The van der Waals surface area contributed by atoms with Crippen LogP contribution >= 0.6 is 0 Å². The second-order valence-corrected chi connectivity index (χ2v) is 3.08. The first-order chi connectivity index (χ1) is 5.22. The molecule has 2 atom stereocenters. The summed E-state index contributed by atoms with van der Waals surface area (Å²) in [6.07, 6.45) is 1.74. The standard InChI is InChI=1S/C8H14O3/c9-6-4-2-1-3-5-7(10)8(6)11/h6,8-9,11H,1-5H2/t6-,8+/m0/s1. The van der Waals surface area contributed by atoms with Gasteiger partial charge in [0.25, 0.3) is 0 Å². The van der Waals surface area contributed by atoms with E-state index in [1.165, 1.54) is 0 Å². The first-order valence-corrected chi connectivity index (χ1v) is 4.10. The molecule has 0 unspecified atom stereocenters. The summed E-state index contributed by atoms with van der Waals surface area (Å²) in [4.78, 5) is 11.0. The number of ketones is 1. The van der Waals surface area contributed by atoms with E-state index in [4.69, 9.17) is 5.11 Å². The van der Waals surface area contributed by atoms with E-state index in [9.17, 15) is 9.90 Å². The number of carbonyl (C=O) groups is 1. The third-order valence-electron chi connectivity index (χ3n) is 2.12. The topological polar surface area (TPSA) is 57.5 Å². The molecule has 0 aromatic rings. The highest BCUT2D eigenvalue weighted by Gasteiger charge is 2.24. The fraction of sp³-hybridized carbons (Fsp3) is 0.875. The van der Waals surface area contributed by atoms with Gasteiger partial charge in [-0.1, -0.05) is 12.8 Å². The summed E-state index contributed by atoms with van der Waals surface area (Å²) in [5.74, 6) is -0.211. The smallest absolute Gasteiger partial charge is 0.163 e. The minimum Gasteiger partial charge on any atom is -0.390 e. The van der Waals surface area contributed by atoms with Crippen molar-refractivity contribution in [1.29, 1.82) is 0 Å². The van der Waals surface area contributed by atoms with Gasteiger partial charge in [-0.05, 0) is 12.8 Å². The molecule has 0 aromatic carbocycles. The van der Waals surface area contributed by atoms with Gasteiger partial charge in [-0.2, -0.15) is 0 Å². The molecule has 0 aromatic heterocycles. The van der Waals surface area contributed by atoms with Gasteiger partial charge in [0.05, 0.1) is 6.10 Å². The van der Waals surface area contributed by atoms with Gasteiger partial charge in [-0.25, -0.2) is 0 Å². The van der Waals surface area contributed by atoms with Crippen molar-refractivity contribution in [2.45, 2.75) is 44.3 Å². The van der Waals surface area contributed by atoms with Crippen LogP contribution in [-0.2, 0) is 4.79 Å². The maximum atomic E-state index is 11.0. The van der Waals surface area contributed by atoms with Crippen LogP contribution in [0.15, 0.2) is 0 Å². The summed E-state index contributed by atoms with van der Waals surface area (Å²) < 4.78 is 0. The number of hydrogen-bond acceptors (Lipinski definition) is 3. The maximum Gasteiger partial charge on any atom is 0.163 e. The molecule has 3 heteroatoms. The Labute approximate surface area is 66.0 Å². The second kappa shape index (κ2) is 3.83. The molecule has 1 aliphatic carbocycles. The van der Waals surface area contributed by atoms with Crippen LogP contribution in [-0.4, -0.2) is 28.2 Å². The molecule has 1 saturated carbocycles. The summed E-state index contributed by atoms with van der Waals surface area (Å²) in [5, 5.41) is 18.3. The van der Waals surface area contributed by atoms with E-state index in [2.05, 4.69) is 0 Å². The molecular formula is C8H14O3. The Morgan fingerprint density at radius 3 is 2.64 bits per heavy atom. The Bertz CT molecular complexity index is 144. The third-order valence-corrected chi connectivity index (χ3v) is 2.12. The van der Waals surface area contributed by atoms with E-state index in [1.807, 2.05) is 0 Å². The highest BCUT2D eigenvalue weighted by atomic mass is 16.3. The molecule has 0 bridgehead atoms. The minimum absolute atomic E-state index is 0.211. The van der Waals surface area contributed by atoms with Gasteiger partial charge in [-0.15, -0.1) is 0 Å².